The van der Waals surface area contributed by atoms with Crippen LogP contribution in [0.2, 0.25) is 0 Å². The molecule has 12 heteroatoms. The zero-order chi connectivity index (χ0) is 11.4. The second kappa shape index (κ2) is 4.07. The smallest absolute Gasteiger partial charge is 0.263 e. The average Bonchev–Trinajstić information content (AvgIpc) is 2.84. The molecule has 0 radical (unpaired) electrons. The van der Waals surface area contributed by atoms with Gasteiger partial charge in [0.25, 0.3) is 11.9 Å². The maximum atomic E-state index is 5.35. The van der Waals surface area contributed by atoms with E-state index in [-0.39, 0.29) is 11.9 Å². The van der Waals surface area contributed by atoms with E-state index >= 15 is 0 Å². The molecule has 0 aromatic carbocycles. The highest BCUT2D eigenvalue weighted by Gasteiger charge is 1.96. The van der Waals surface area contributed by atoms with Gasteiger partial charge in [-0.3, -0.25) is 0 Å². The number of anilines is 2. The molecular weight excluding hydrogens is 216 g/mol. The fourth-order valence-electron chi connectivity index (χ4n) is 0.729. The van der Waals surface area contributed by atoms with Gasteiger partial charge < -0.3 is 11.5 Å². The van der Waals surface area contributed by atoms with Crippen LogP contribution >= 0.6 is 0 Å². The van der Waals surface area contributed by atoms with Crippen LogP contribution < -0.4 is 11.5 Å². The normalized spacial score (nSPS) is 11.8. The summed E-state index contributed by atoms with van der Waals surface area (Å²) in [6, 6.07) is 0. The summed E-state index contributed by atoms with van der Waals surface area (Å²) in [7, 11) is 0. The van der Waals surface area contributed by atoms with Crippen molar-refractivity contribution in [1.82, 2.24) is 40.6 Å². The van der Waals surface area contributed by atoms with Gasteiger partial charge in [0.05, 0.1) is 12.4 Å². The molecule has 0 aliphatic carbocycles. The molecule has 2 aromatic rings. The van der Waals surface area contributed by atoms with Crippen molar-refractivity contribution in [2.75, 3.05) is 11.5 Å². The van der Waals surface area contributed by atoms with Crippen molar-refractivity contribution in [3.05, 3.63) is 0 Å². The van der Waals surface area contributed by atoms with Gasteiger partial charge in [-0.05, 0) is 20.9 Å². The predicted molar refractivity (Wildman–Crippen MR) is 52.2 cm³/mol. The minimum atomic E-state index is 0.0617. The number of hydrogen-bond acceptors (Lipinski definition) is 10. The molecule has 4 N–H and O–H groups in total. The molecule has 0 atom stereocenters. The summed E-state index contributed by atoms with van der Waals surface area (Å²) in [5.74, 6) is 0.123. The second-order valence-corrected chi connectivity index (χ2v) is 2.38. The zero-order valence-electron chi connectivity index (χ0n) is 7.78. The first-order valence-corrected chi connectivity index (χ1v) is 3.92. The summed E-state index contributed by atoms with van der Waals surface area (Å²) < 4.78 is 0. The summed E-state index contributed by atoms with van der Waals surface area (Å²) >= 11 is 0. The number of nitrogens with two attached hydrogens (primary N) is 2. The van der Waals surface area contributed by atoms with Crippen LogP contribution in [0.25, 0.3) is 0 Å². The summed E-state index contributed by atoms with van der Waals surface area (Å²) in [4.78, 5) is 2.05. The number of tetrazole rings is 2. The van der Waals surface area contributed by atoms with Crippen LogP contribution in [0.1, 0.15) is 0 Å². The van der Waals surface area contributed by atoms with E-state index in [9.17, 15) is 0 Å². The van der Waals surface area contributed by atoms with Gasteiger partial charge in [0.15, 0.2) is 0 Å². The van der Waals surface area contributed by atoms with Gasteiger partial charge in [0.2, 0.25) is 0 Å². The zero-order valence-corrected chi connectivity index (χ0v) is 7.78. The molecule has 2 aromatic heterocycles. The Bertz CT molecular complexity index is 468. The van der Waals surface area contributed by atoms with E-state index in [1.54, 1.807) is 0 Å². The van der Waals surface area contributed by atoms with Gasteiger partial charge in [0, 0.05) is 0 Å². The summed E-state index contributed by atoms with van der Waals surface area (Å²) in [5, 5.41) is 27.9. The molecular formula is C4H6N12. The van der Waals surface area contributed by atoms with E-state index in [0.29, 0.717) is 0 Å². The highest BCUT2D eigenvalue weighted by molar-refractivity contribution is 6.15. The topological polar surface area (TPSA) is 164 Å². The fraction of sp³-hybridized carbons (Fsp3) is 0. The van der Waals surface area contributed by atoms with Crippen molar-refractivity contribution >= 4 is 24.3 Å². The lowest BCUT2D eigenvalue weighted by molar-refractivity contribution is 0.696. The largest absolute Gasteiger partial charge is 0.365 e. The van der Waals surface area contributed by atoms with Crippen LogP contribution in [0.15, 0.2) is 10.2 Å². The Balaban J connectivity index is 2.03. The third-order valence-electron chi connectivity index (χ3n) is 1.37. The summed E-state index contributed by atoms with van der Waals surface area (Å²) in [5.41, 5.74) is 10.7. The molecule has 0 aliphatic heterocycles. The molecule has 0 bridgehead atoms. The molecule has 0 saturated heterocycles. The Morgan fingerprint density at radius 1 is 0.875 bits per heavy atom. The van der Waals surface area contributed by atoms with Crippen molar-refractivity contribution < 1.29 is 0 Å². The molecule has 2 heterocycles. The number of nitrogens with zero attached hydrogens (tertiary/aromatic N) is 10. The number of hydrogen-bond donors (Lipinski definition) is 2. The van der Waals surface area contributed by atoms with Crippen LogP contribution in [0.5, 0.6) is 0 Å². The number of aromatic nitrogens is 8. The van der Waals surface area contributed by atoms with Gasteiger partial charge >= 0.3 is 0 Å². The number of nitrogen functional groups attached to an aromatic ring is 2. The van der Waals surface area contributed by atoms with Crippen molar-refractivity contribution in [2.24, 2.45) is 10.2 Å². The summed E-state index contributed by atoms with van der Waals surface area (Å²) in [6.07, 6.45) is 2.60. The average molecular weight is 222 g/mol. The maximum Gasteiger partial charge on any atom is 0.263 e. The highest BCUT2D eigenvalue weighted by Crippen LogP contribution is 1.89. The Morgan fingerprint density at radius 3 is 1.62 bits per heavy atom. The van der Waals surface area contributed by atoms with Gasteiger partial charge in [-0.2, -0.15) is 10.2 Å². The first kappa shape index (κ1) is 9.63. The monoisotopic (exact) mass is 222 g/mol. The fourth-order valence-corrected chi connectivity index (χ4v) is 0.729. The Kier molecular flexibility index (Phi) is 2.45. The minimum Gasteiger partial charge on any atom is -0.365 e. The van der Waals surface area contributed by atoms with Crippen LogP contribution in [-0.4, -0.2) is 53.1 Å². The Morgan fingerprint density at radius 2 is 1.31 bits per heavy atom. The van der Waals surface area contributed by atoms with Crippen molar-refractivity contribution in [3.8, 4) is 0 Å². The molecule has 82 valence electrons. The Hall–Kier alpha value is -2.92. The standard InChI is InChI=1S/C4H6N12/c5-3-9-11-13-15(3)7-1-2-8-16-4(6)10-12-14-16/h1-2H,(H2,5,9,13)(H2,6,10,14)/b7-1+,8-2?. The predicted octanol–water partition coefficient (Wildman–Crippen LogP) is -2.81. The minimum absolute atomic E-state index is 0.0617. The van der Waals surface area contributed by atoms with Crippen LogP contribution in [0.4, 0.5) is 11.9 Å². The number of rotatable bonds is 3. The lowest BCUT2D eigenvalue weighted by Gasteiger charge is -1.88. The van der Waals surface area contributed by atoms with Gasteiger partial charge in [-0.25, -0.2) is 0 Å². The molecule has 12 nitrogen and oxygen atoms in total. The van der Waals surface area contributed by atoms with E-state index in [1.807, 2.05) is 0 Å². The molecule has 0 amide bonds. The molecule has 0 aliphatic rings. The van der Waals surface area contributed by atoms with Crippen LogP contribution in [0, 0.1) is 0 Å². The SMILES string of the molecule is Nc1nnnn1N=C/C=N/n1nnnc1N. The third kappa shape index (κ3) is 1.94. The highest BCUT2D eigenvalue weighted by atomic mass is 15.7. The third-order valence-corrected chi connectivity index (χ3v) is 1.37. The van der Waals surface area contributed by atoms with E-state index in [4.69, 9.17) is 11.5 Å². The van der Waals surface area contributed by atoms with Crippen molar-refractivity contribution in [2.45, 2.75) is 0 Å². The quantitative estimate of drug-likeness (QED) is 0.525. The molecule has 16 heavy (non-hydrogen) atoms. The van der Waals surface area contributed by atoms with Crippen LogP contribution in [0.3, 0.4) is 0 Å². The van der Waals surface area contributed by atoms with Gasteiger partial charge in [-0.15, -0.1) is 0 Å². The van der Waals surface area contributed by atoms with Crippen molar-refractivity contribution in [1.29, 1.82) is 0 Å². The van der Waals surface area contributed by atoms with Crippen molar-refractivity contribution in [3.63, 3.8) is 0 Å². The van der Waals surface area contributed by atoms with E-state index in [1.165, 1.54) is 12.4 Å². The first-order chi connectivity index (χ1) is 7.77. The lowest BCUT2D eigenvalue weighted by atomic mass is 10.8. The molecule has 2 rings (SSSR count). The molecule has 0 spiro atoms. The second-order valence-electron chi connectivity index (χ2n) is 2.38. The molecule has 0 saturated carbocycles. The Labute approximate surface area is 87.6 Å². The maximum absolute atomic E-state index is 5.35. The molecule has 0 fully saturated rings. The van der Waals surface area contributed by atoms with E-state index in [2.05, 4.69) is 41.3 Å². The van der Waals surface area contributed by atoms with Gasteiger partial charge in [-0.1, -0.05) is 19.8 Å². The van der Waals surface area contributed by atoms with E-state index in [0.717, 1.165) is 9.58 Å². The first-order valence-electron chi connectivity index (χ1n) is 3.92. The van der Waals surface area contributed by atoms with Crippen LogP contribution in [-0.2, 0) is 0 Å². The van der Waals surface area contributed by atoms with Gasteiger partial charge in [0.1, 0.15) is 0 Å². The lowest BCUT2D eigenvalue weighted by Crippen LogP contribution is -2.01. The molecule has 0 unspecified atom stereocenters. The van der Waals surface area contributed by atoms with E-state index < -0.39 is 0 Å². The summed E-state index contributed by atoms with van der Waals surface area (Å²) in [6.45, 7) is 0.